The fourth-order valence-corrected chi connectivity index (χ4v) is 3.38. The first kappa shape index (κ1) is 12.7. The molecule has 0 unspecified atom stereocenters. The Morgan fingerprint density at radius 3 is 3.05 bits per heavy atom. The van der Waals surface area contributed by atoms with E-state index in [1.54, 1.807) is 0 Å². The molecule has 1 aliphatic heterocycles. The third kappa shape index (κ3) is 1.92. The summed E-state index contributed by atoms with van der Waals surface area (Å²) in [6, 6.07) is 8.20. The number of hydrogen-bond donors (Lipinski definition) is 1. The number of pyridine rings is 1. The maximum Gasteiger partial charge on any atom is 0.142 e. The summed E-state index contributed by atoms with van der Waals surface area (Å²) in [6.07, 6.45) is 2.89. The van der Waals surface area contributed by atoms with E-state index < -0.39 is 0 Å². The molecule has 0 fully saturated rings. The lowest BCUT2D eigenvalue weighted by Crippen LogP contribution is -1.95. The number of rotatable bonds is 1. The summed E-state index contributed by atoms with van der Waals surface area (Å²) in [5.41, 5.74) is 11.4. The molecule has 106 valence electrons. The van der Waals surface area contributed by atoms with E-state index in [4.69, 9.17) is 15.5 Å². The van der Waals surface area contributed by atoms with Crippen LogP contribution in [0.3, 0.4) is 0 Å². The van der Waals surface area contributed by atoms with Gasteiger partial charge in [0.25, 0.3) is 0 Å². The monoisotopic (exact) mass is 343 g/mol. The Bertz CT molecular complexity index is 870. The standard InChI is InChI=1S/C16H14BrN3O/c1-9-6-12(17)8-20-15(18)14(19-16(9)20)11-2-3-13-10(7-11)4-5-21-13/h2-3,6-8H,4-5,18H2,1H3. The molecule has 3 aromatic rings. The lowest BCUT2D eigenvalue weighted by molar-refractivity contribution is 0.357. The Balaban J connectivity index is 1.94. The summed E-state index contributed by atoms with van der Waals surface area (Å²) in [5.74, 6) is 1.63. The van der Waals surface area contributed by atoms with Crippen molar-refractivity contribution >= 4 is 27.4 Å². The van der Waals surface area contributed by atoms with E-state index in [1.807, 2.05) is 35.7 Å². The van der Waals surface area contributed by atoms with Gasteiger partial charge in [-0.2, -0.15) is 0 Å². The molecule has 0 aliphatic carbocycles. The van der Waals surface area contributed by atoms with Crippen LogP contribution in [0, 0.1) is 6.92 Å². The molecule has 0 saturated heterocycles. The maximum absolute atomic E-state index is 6.30. The summed E-state index contributed by atoms with van der Waals surface area (Å²) >= 11 is 3.50. The Labute approximate surface area is 130 Å². The average molecular weight is 344 g/mol. The quantitative estimate of drug-likeness (QED) is 0.734. The second-order valence-corrected chi connectivity index (χ2v) is 6.22. The van der Waals surface area contributed by atoms with Crippen molar-refractivity contribution in [3.8, 4) is 17.0 Å². The third-order valence-electron chi connectivity index (χ3n) is 3.87. The van der Waals surface area contributed by atoms with Gasteiger partial charge in [0.2, 0.25) is 0 Å². The summed E-state index contributed by atoms with van der Waals surface area (Å²) < 4.78 is 8.47. The van der Waals surface area contributed by atoms with Gasteiger partial charge in [0.1, 0.15) is 22.9 Å². The molecule has 0 bridgehead atoms. The van der Waals surface area contributed by atoms with Crippen molar-refractivity contribution in [1.82, 2.24) is 9.38 Å². The predicted molar refractivity (Wildman–Crippen MR) is 86.7 cm³/mol. The minimum absolute atomic E-state index is 0.660. The van der Waals surface area contributed by atoms with Crippen LogP contribution in [0.2, 0.25) is 0 Å². The molecule has 0 radical (unpaired) electrons. The average Bonchev–Trinajstić information content (AvgIpc) is 3.04. The first-order valence-corrected chi connectivity index (χ1v) is 7.62. The van der Waals surface area contributed by atoms with Gasteiger partial charge >= 0.3 is 0 Å². The van der Waals surface area contributed by atoms with Gasteiger partial charge < -0.3 is 10.5 Å². The number of ether oxygens (including phenoxy) is 1. The highest BCUT2D eigenvalue weighted by molar-refractivity contribution is 9.10. The topological polar surface area (TPSA) is 52.5 Å². The Morgan fingerprint density at radius 1 is 1.33 bits per heavy atom. The molecule has 21 heavy (non-hydrogen) atoms. The van der Waals surface area contributed by atoms with Crippen molar-refractivity contribution in [1.29, 1.82) is 0 Å². The lowest BCUT2D eigenvalue weighted by atomic mass is 10.1. The predicted octanol–water partition coefficient (Wildman–Crippen LogP) is 3.59. The molecule has 3 heterocycles. The molecule has 1 aliphatic rings. The minimum atomic E-state index is 0.660. The molecule has 0 amide bonds. The van der Waals surface area contributed by atoms with Gasteiger partial charge in [-0.25, -0.2) is 4.98 Å². The minimum Gasteiger partial charge on any atom is -0.493 e. The van der Waals surface area contributed by atoms with E-state index >= 15 is 0 Å². The summed E-state index contributed by atoms with van der Waals surface area (Å²) in [4.78, 5) is 4.72. The highest BCUT2D eigenvalue weighted by atomic mass is 79.9. The number of halogens is 1. The summed E-state index contributed by atoms with van der Waals surface area (Å²) in [6.45, 7) is 2.79. The SMILES string of the molecule is Cc1cc(Br)cn2c(N)c(-c3ccc4c(c3)CCO4)nc12. The third-order valence-corrected chi connectivity index (χ3v) is 4.30. The van der Waals surface area contributed by atoms with E-state index in [9.17, 15) is 0 Å². The highest BCUT2D eigenvalue weighted by Gasteiger charge is 2.17. The first-order valence-electron chi connectivity index (χ1n) is 6.83. The molecule has 0 spiro atoms. The zero-order valence-electron chi connectivity index (χ0n) is 11.6. The number of imidazole rings is 1. The normalized spacial score (nSPS) is 13.4. The molecular weight excluding hydrogens is 330 g/mol. The molecule has 1 aromatic carbocycles. The van der Waals surface area contributed by atoms with Crippen LogP contribution in [-0.4, -0.2) is 16.0 Å². The fraction of sp³-hybridized carbons (Fsp3) is 0.188. The number of fused-ring (bicyclic) bond motifs is 2. The lowest BCUT2D eigenvalue weighted by Gasteiger charge is -2.03. The zero-order chi connectivity index (χ0) is 14.6. The fourth-order valence-electron chi connectivity index (χ4n) is 2.83. The molecule has 5 heteroatoms. The molecule has 4 nitrogen and oxygen atoms in total. The Morgan fingerprint density at radius 2 is 2.19 bits per heavy atom. The number of anilines is 1. The van der Waals surface area contributed by atoms with E-state index in [1.165, 1.54) is 5.56 Å². The van der Waals surface area contributed by atoms with Crippen LogP contribution < -0.4 is 10.5 Å². The number of benzene rings is 1. The number of aromatic nitrogens is 2. The van der Waals surface area contributed by atoms with Crippen molar-refractivity contribution in [3.05, 3.63) is 46.1 Å². The zero-order valence-corrected chi connectivity index (χ0v) is 13.1. The maximum atomic E-state index is 6.30. The van der Waals surface area contributed by atoms with Gasteiger partial charge in [-0.05, 0) is 58.2 Å². The molecule has 2 N–H and O–H groups in total. The van der Waals surface area contributed by atoms with Gasteiger partial charge in [-0.1, -0.05) is 0 Å². The Hall–Kier alpha value is -2.01. The van der Waals surface area contributed by atoms with Crippen molar-refractivity contribution in [2.45, 2.75) is 13.3 Å². The largest absolute Gasteiger partial charge is 0.493 e. The first-order chi connectivity index (χ1) is 10.1. The van der Waals surface area contributed by atoms with Crippen LogP contribution in [-0.2, 0) is 6.42 Å². The molecule has 4 rings (SSSR count). The molecule has 2 aromatic heterocycles. The number of nitrogens with two attached hydrogens (primary N) is 1. The van der Waals surface area contributed by atoms with Crippen LogP contribution in [0.4, 0.5) is 5.82 Å². The number of aryl methyl sites for hydroxylation is 1. The van der Waals surface area contributed by atoms with E-state index in [2.05, 4.69) is 22.0 Å². The van der Waals surface area contributed by atoms with Crippen molar-refractivity contribution in [2.75, 3.05) is 12.3 Å². The molecule has 0 saturated carbocycles. The van der Waals surface area contributed by atoms with E-state index in [0.29, 0.717) is 5.82 Å². The second-order valence-electron chi connectivity index (χ2n) is 5.30. The van der Waals surface area contributed by atoms with Gasteiger partial charge in [0.05, 0.1) is 6.61 Å². The van der Waals surface area contributed by atoms with E-state index in [0.717, 1.165) is 45.7 Å². The second kappa shape index (κ2) is 4.49. The van der Waals surface area contributed by atoms with Gasteiger partial charge in [-0.3, -0.25) is 4.40 Å². The number of nitrogens with zero attached hydrogens (tertiary/aromatic N) is 2. The van der Waals surface area contributed by atoms with Gasteiger partial charge in [-0.15, -0.1) is 0 Å². The Kier molecular flexibility index (Phi) is 2.72. The summed E-state index contributed by atoms with van der Waals surface area (Å²) in [5, 5.41) is 0. The number of nitrogen functional groups attached to an aromatic ring is 1. The molecular formula is C16H14BrN3O. The van der Waals surface area contributed by atoms with Crippen molar-refractivity contribution in [2.24, 2.45) is 0 Å². The van der Waals surface area contributed by atoms with Gasteiger partial charge in [0, 0.05) is 22.7 Å². The van der Waals surface area contributed by atoms with Gasteiger partial charge in [0.15, 0.2) is 0 Å². The number of hydrogen-bond acceptors (Lipinski definition) is 3. The van der Waals surface area contributed by atoms with Crippen LogP contribution in [0.5, 0.6) is 5.75 Å². The highest BCUT2D eigenvalue weighted by Crippen LogP contribution is 2.33. The summed E-state index contributed by atoms with van der Waals surface area (Å²) in [7, 11) is 0. The smallest absolute Gasteiger partial charge is 0.142 e. The van der Waals surface area contributed by atoms with Crippen LogP contribution in [0.25, 0.3) is 16.9 Å². The van der Waals surface area contributed by atoms with E-state index in [-0.39, 0.29) is 0 Å². The van der Waals surface area contributed by atoms with Crippen LogP contribution in [0.15, 0.2) is 34.9 Å². The van der Waals surface area contributed by atoms with Crippen molar-refractivity contribution < 1.29 is 4.74 Å². The van der Waals surface area contributed by atoms with Crippen molar-refractivity contribution in [3.63, 3.8) is 0 Å². The van der Waals surface area contributed by atoms with Crippen LogP contribution in [0.1, 0.15) is 11.1 Å². The molecule has 0 atom stereocenters. The van der Waals surface area contributed by atoms with Crippen LogP contribution >= 0.6 is 15.9 Å².